The lowest BCUT2D eigenvalue weighted by molar-refractivity contribution is -0.152. The molecular formula is C84H90O12. The summed E-state index contributed by atoms with van der Waals surface area (Å²) in [5.41, 5.74) is 21.8. The van der Waals surface area contributed by atoms with E-state index in [-0.39, 0.29) is 18.9 Å². The fourth-order valence-electron chi connectivity index (χ4n) is 12.7. The molecule has 0 saturated heterocycles. The Morgan fingerprint density at radius 3 is 0.740 bits per heavy atom. The Balaban J connectivity index is 0.000000157. The number of allylic oxidation sites excluding steroid dienone is 3. The van der Waals surface area contributed by atoms with Crippen molar-refractivity contribution in [2.24, 2.45) is 0 Å². The molecule has 96 heavy (non-hydrogen) atoms. The van der Waals surface area contributed by atoms with Gasteiger partial charge in [0.15, 0.2) is 18.9 Å². The fourth-order valence-corrected chi connectivity index (χ4v) is 12.7. The van der Waals surface area contributed by atoms with Gasteiger partial charge in [-0.25, -0.2) is 0 Å². The Labute approximate surface area is 566 Å². The summed E-state index contributed by atoms with van der Waals surface area (Å²) in [4.78, 5) is 0. The molecule has 0 atom stereocenters. The van der Waals surface area contributed by atoms with Gasteiger partial charge in [-0.3, -0.25) is 0 Å². The average molecular weight is 1290 g/mol. The Bertz CT molecular complexity index is 3560. The molecule has 0 heterocycles. The summed E-state index contributed by atoms with van der Waals surface area (Å²) in [6.45, 7) is 16.2. The molecule has 0 radical (unpaired) electrons. The third-order valence-electron chi connectivity index (χ3n) is 17.0. The topological polar surface area (TPSA) is 144 Å². The fraction of sp³-hybridized carbons (Fsp3) is 0.286. The normalized spacial score (nSPS) is 13.3. The van der Waals surface area contributed by atoms with E-state index in [1.165, 1.54) is 83.5 Å². The van der Waals surface area contributed by atoms with Gasteiger partial charge in [0, 0.05) is 39.6 Å². The lowest BCUT2D eigenvalue weighted by atomic mass is 9.79. The number of phenolic OH excluding ortho intramolecular Hbond substituents is 3. The van der Waals surface area contributed by atoms with Gasteiger partial charge in [-0.2, -0.15) is 0 Å². The summed E-state index contributed by atoms with van der Waals surface area (Å²) in [6.07, 6.45) is 4.42. The van der Waals surface area contributed by atoms with Crippen LogP contribution in [-0.4, -0.2) is 93.7 Å². The van der Waals surface area contributed by atoms with Gasteiger partial charge >= 0.3 is 0 Å². The van der Waals surface area contributed by atoms with Crippen molar-refractivity contribution in [2.75, 3.05) is 59.5 Å². The third-order valence-corrected chi connectivity index (χ3v) is 17.0. The van der Waals surface area contributed by atoms with Crippen LogP contribution in [0.2, 0.25) is 0 Å². The maximum atomic E-state index is 9.99. The van der Waals surface area contributed by atoms with Crippen LogP contribution in [0.1, 0.15) is 128 Å². The van der Waals surface area contributed by atoms with E-state index < -0.39 is 0 Å². The number of phenols is 3. The van der Waals surface area contributed by atoms with Crippen LogP contribution in [0.4, 0.5) is 0 Å². The second-order valence-electron chi connectivity index (χ2n) is 23.2. The minimum atomic E-state index is -0.366. The predicted molar refractivity (Wildman–Crippen MR) is 383 cm³/mol. The van der Waals surface area contributed by atoms with Gasteiger partial charge in [0.2, 0.25) is 0 Å². The van der Waals surface area contributed by atoms with Crippen LogP contribution in [-0.2, 0) is 47.7 Å². The summed E-state index contributed by atoms with van der Waals surface area (Å²) in [5, 5.41) is 30.0. The van der Waals surface area contributed by atoms with Crippen molar-refractivity contribution in [3.05, 3.63) is 285 Å². The van der Waals surface area contributed by atoms with Crippen molar-refractivity contribution >= 4 is 33.4 Å². The first kappa shape index (κ1) is 69.6. The number of aryl methyl sites for hydroxylation is 3. The van der Waals surface area contributed by atoms with Gasteiger partial charge < -0.3 is 58.0 Å². The van der Waals surface area contributed by atoms with Gasteiger partial charge in [0.05, 0.1) is 0 Å². The SMILES string of the molecule is CCOC(COc1ccc(C2=C(c3ccccc3)CCc3cc(O)ccc32)cc1)OCC.CCOC(COc1ccc(C2=C(c3ccccc3)CCc3cc(O)ccc32)cc1)OCC.CCOC(COc1ccc(C2=C(c3ccccc3)CCc3cc(O)ccc32)cc1)OCC. The van der Waals surface area contributed by atoms with Crippen molar-refractivity contribution in [3.8, 4) is 34.5 Å². The molecule has 0 saturated carbocycles. The molecule has 0 unspecified atom stereocenters. The maximum absolute atomic E-state index is 9.99. The number of fused-ring (bicyclic) bond motifs is 3. The highest BCUT2D eigenvalue weighted by molar-refractivity contribution is 6.03. The molecule has 0 bridgehead atoms. The molecule has 3 aliphatic rings. The zero-order valence-corrected chi connectivity index (χ0v) is 56.1. The number of rotatable bonds is 27. The van der Waals surface area contributed by atoms with E-state index in [4.69, 9.17) is 42.6 Å². The Morgan fingerprint density at radius 2 is 0.510 bits per heavy atom. The zero-order valence-electron chi connectivity index (χ0n) is 56.1. The molecule has 12 rings (SSSR count). The summed E-state index contributed by atoms with van der Waals surface area (Å²) < 4.78 is 51.1. The van der Waals surface area contributed by atoms with Gasteiger partial charge in [-0.05, 0) is 253 Å². The molecule has 12 nitrogen and oxygen atoms in total. The van der Waals surface area contributed by atoms with Crippen LogP contribution in [0.15, 0.2) is 218 Å². The quantitative estimate of drug-likeness (QED) is 0.0422. The molecule has 3 N–H and O–H groups in total. The Morgan fingerprint density at radius 1 is 0.271 bits per heavy atom. The summed E-state index contributed by atoms with van der Waals surface area (Å²) in [7, 11) is 0. The lowest BCUT2D eigenvalue weighted by Crippen LogP contribution is -2.25. The van der Waals surface area contributed by atoms with Crippen LogP contribution in [0.5, 0.6) is 34.5 Å². The molecule has 0 aromatic heterocycles. The smallest absolute Gasteiger partial charge is 0.191 e. The number of aromatic hydroxyl groups is 3. The first-order chi connectivity index (χ1) is 47.1. The van der Waals surface area contributed by atoms with E-state index in [2.05, 4.69) is 109 Å². The van der Waals surface area contributed by atoms with Crippen molar-refractivity contribution in [2.45, 2.75) is 98.9 Å². The predicted octanol–water partition coefficient (Wildman–Crippen LogP) is 18.2. The maximum Gasteiger partial charge on any atom is 0.191 e. The van der Waals surface area contributed by atoms with Crippen molar-refractivity contribution in [3.63, 3.8) is 0 Å². The van der Waals surface area contributed by atoms with E-state index in [9.17, 15) is 15.3 Å². The van der Waals surface area contributed by atoms with Crippen molar-refractivity contribution < 1.29 is 58.0 Å². The zero-order chi connectivity index (χ0) is 67.0. The average Bonchev–Trinajstić information content (AvgIpc) is 0.801. The molecule has 0 spiro atoms. The number of hydrogen-bond donors (Lipinski definition) is 3. The third kappa shape index (κ3) is 18.4. The van der Waals surface area contributed by atoms with Crippen LogP contribution in [0, 0.1) is 0 Å². The second-order valence-corrected chi connectivity index (χ2v) is 23.2. The number of ether oxygens (including phenoxy) is 9. The number of hydrogen-bond acceptors (Lipinski definition) is 12. The molecule has 12 heteroatoms. The highest BCUT2D eigenvalue weighted by Crippen LogP contribution is 2.45. The highest BCUT2D eigenvalue weighted by atomic mass is 16.7. The highest BCUT2D eigenvalue weighted by Gasteiger charge is 2.26. The monoisotopic (exact) mass is 1290 g/mol. The van der Waals surface area contributed by atoms with Crippen molar-refractivity contribution in [1.82, 2.24) is 0 Å². The van der Waals surface area contributed by atoms with Crippen LogP contribution >= 0.6 is 0 Å². The molecular weight excluding hydrogens is 1200 g/mol. The Kier molecular flexibility index (Phi) is 25.7. The van der Waals surface area contributed by atoms with Gasteiger partial charge in [0.25, 0.3) is 0 Å². The molecule has 0 fully saturated rings. The van der Waals surface area contributed by atoms with E-state index in [0.29, 0.717) is 76.7 Å². The molecule has 0 amide bonds. The molecule has 9 aromatic carbocycles. The van der Waals surface area contributed by atoms with Crippen LogP contribution in [0.25, 0.3) is 33.4 Å². The molecule has 0 aliphatic heterocycles. The second kappa shape index (κ2) is 35.5. The summed E-state index contributed by atoms with van der Waals surface area (Å²) in [5.74, 6) is 3.28. The first-order valence-electron chi connectivity index (χ1n) is 33.8. The van der Waals surface area contributed by atoms with Gasteiger partial charge in [-0.1, -0.05) is 146 Å². The van der Waals surface area contributed by atoms with Gasteiger partial charge in [0.1, 0.15) is 54.3 Å². The molecule has 498 valence electrons. The summed E-state index contributed by atoms with van der Waals surface area (Å²) in [6, 6.07) is 73.2. The van der Waals surface area contributed by atoms with Gasteiger partial charge in [-0.15, -0.1) is 0 Å². The molecule has 3 aliphatic carbocycles. The minimum absolute atomic E-state index is 0.313. The van der Waals surface area contributed by atoms with E-state index in [0.717, 1.165) is 72.5 Å². The molecule has 9 aromatic rings. The van der Waals surface area contributed by atoms with Crippen LogP contribution in [0.3, 0.4) is 0 Å². The largest absolute Gasteiger partial charge is 0.508 e. The van der Waals surface area contributed by atoms with Crippen LogP contribution < -0.4 is 14.2 Å². The van der Waals surface area contributed by atoms with E-state index in [1.807, 2.05) is 133 Å². The van der Waals surface area contributed by atoms with E-state index >= 15 is 0 Å². The van der Waals surface area contributed by atoms with Crippen molar-refractivity contribution in [1.29, 1.82) is 0 Å². The number of benzene rings is 9. The Hall–Kier alpha value is -9.24. The minimum Gasteiger partial charge on any atom is -0.508 e. The standard InChI is InChI=1S/3C28H30O4/c3*1-3-30-27(31-4-2)19-32-24-14-10-21(11-15-24)28-25(20-8-6-5-7-9-20)16-12-22-18-23(29)13-17-26(22)28/h3*5-11,13-15,17-18,27,29H,3-4,12,16,19H2,1-2H3. The lowest BCUT2D eigenvalue weighted by Gasteiger charge is -2.25. The van der Waals surface area contributed by atoms with E-state index in [1.54, 1.807) is 18.2 Å². The summed E-state index contributed by atoms with van der Waals surface area (Å²) >= 11 is 0. The first-order valence-corrected chi connectivity index (χ1v) is 33.8.